The van der Waals surface area contributed by atoms with E-state index in [0.717, 1.165) is 6.07 Å². The van der Waals surface area contributed by atoms with Crippen LogP contribution in [-0.2, 0) is 21.2 Å². The molecule has 2 N–H and O–H groups in total. The Hall–Kier alpha value is -2.41. The molecule has 0 atom stereocenters. The van der Waals surface area contributed by atoms with Gasteiger partial charge in [-0.05, 0) is 42.3 Å². The van der Waals surface area contributed by atoms with E-state index in [-0.39, 0.29) is 17.0 Å². The van der Waals surface area contributed by atoms with Gasteiger partial charge in [0, 0.05) is 5.69 Å². The molecule has 7 heteroatoms. The number of aryl methyl sites for hydroxylation is 1. The Bertz CT molecular complexity index is 818. The lowest BCUT2D eigenvalue weighted by atomic mass is 10.1. The van der Waals surface area contributed by atoms with E-state index < -0.39 is 21.8 Å². The van der Waals surface area contributed by atoms with Gasteiger partial charge in [0.2, 0.25) is 0 Å². The number of carboxylic acids is 1. The number of anilines is 1. The lowest BCUT2D eigenvalue weighted by Crippen LogP contribution is -2.14. The van der Waals surface area contributed by atoms with Crippen molar-refractivity contribution in [3.05, 3.63) is 59.4 Å². The molecule has 2 aromatic rings. The average molecular weight is 323 g/mol. The van der Waals surface area contributed by atoms with Gasteiger partial charge in [-0.25, -0.2) is 12.8 Å². The molecule has 2 rings (SSSR count). The molecule has 0 radical (unpaired) electrons. The third kappa shape index (κ3) is 3.82. The SMILES string of the molecule is Cc1ccc(F)cc1S(=O)(=O)Nc1cccc(CC(=O)O)c1. The van der Waals surface area contributed by atoms with Crippen LogP contribution in [0.15, 0.2) is 47.4 Å². The van der Waals surface area contributed by atoms with Crippen LogP contribution in [0.4, 0.5) is 10.1 Å². The second-order valence-corrected chi connectivity index (χ2v) is 6.44. The van der Waals surface area contributed by atoms with E-state index in [2.05, 4.69) is 4.72 Å². The summed E-state index contributed by atoms with van der Waals surface area (Å²) in [6.07, 6.45) is -0.214. The molecule has 116 valence electrons. The first-order valence-electron chi connectivity index (χ1n) is 6.37. The summed E-state index contributed by atoms with van der Waals surface area (Å²) in [5, 5.41) is 8.75. The molecule has 0 aliphatic heterocycles. The Morgan fingerprint density at radius 1 is 1.23 bits per heavy atom. The quantitative estimate of drug-likeness (QED) is 0.886. The van der Waals surface area contributed by atoms with Gasteiger partial charge in [-0.15, -0.1) is 0 Å². The van der Waals surface area contributed by atoms with E-state index in [1.165, 1.54) is 24.3 Å². The van der Waals surface area contributed by atoms with E-state index in [1.807, 2.05) is 0 Å². The Morgan fingerprint density at radius 2 is 1.95 bits per heavy atom. The Kier molecular flexibility index (Phi) is 4.46. The highest BCUT2D eigenvalue weighted by molar-refractivity contribution is 7.92. The molecule has 5 nitrogen and oxygen atoms in total. The predicted octanol–water partition coefficient (Wildman–Crippen LogP) is 2.56. The summed E-state index contributed by atoms with van der Waals surface area (Å²) in [6.45, 7) is 1.56. The number of nitrogens with one attached hydrogen (secondary N) is 1. The van der Waals surface area contributed by atoms with Crippen LogP contribution in [0, 0.1) is 12.7 Å². The fourth-order valence-corrected chi connectivity index (χ4v) is 3.30. The van der Waals surface area contributed by atoms with Crippen molar-refractivity contribution < 1.29 is 22.7 Å². The number of halogens is 1. The summed E-state index contributed by atoms with van der Waals surface area (Å²) < 4.78 is 40.2. The molecule has 2 aromatic carbocycles. The summed E-state index contributed by atoms with van der Waals surface area (Å²) in [6, 6.07) is 9.57. The normalized spacial score (nSPS) is 11.2. The molecular weight excluding hydrogens is 309 g/mol. The Morgan fingerprint density at radius 3 is 2.64 bits per heavy atom. The molecule has 0 aliphatic rings. The van der Waals surface area contributed by atoms with Gasteiger partial charge in [0.25, 0.3) is 10.0 Å². The minimum Gasteiger partial charge on any atom is -0.481 e. The highest BCUT2D eigenvalue weighted by atomic mass is 32.2. The number of rotatable bonds is 5. The maximum absolute atomic E-state index is 13.3. The van der Waals surface area contributed by atoms with Crippen molar-refractivity contribution in [2.24, 2.45) is 0 Å². The van der Waals surface area contributed by atoms with Crippen molar-refractivity contribution in [3.8, 4) is 0 Å². The topological polar surface area (TPSA) is 83.5 Å². The predicted molar refractivity (Wildman–Crippen MR) is 79.7 cm³/mol. The first kappa shape index (κ1) is 16.0. The highest BCUT2D eigenvalue weighted by Gasteiger charge is 2.18. The molecule has 0 aromatic heterocycles. The lowest BCUT2D eigenvalue weighted by Gasteiger charge is -2.11. The van der Waals surface area contributed by atoms with Gasteiger partial charge in [0.1, 0.15) is 5.82 Å². The van der Waals surface area contributed by atoms with Crippen molar-refractivity contribution >= 4 is 21.7 Å². The zero-order chi connectivity index (χ0) is 16.3. The molecule has 0 fully saturated rings. The van der Waals surface area contributed by atoms with Crippen LogP contribution in [-0.4, -0.2) is 19.5 Å². The van der Waals surface area contributed by atoms with Gasteiger partial charge in [0.05, 0.1) is 11.3 Å². The maximum atomic E-state index is 13.3. The van der Waals surface area contributed by atoms with E-state index in [1.54, 1.807) is 19.1 Å². The van der Waals surface area contributed by atoms with Crippen LogP contribution in [0.3, 0.4) is 0 Å². The monoisotopic (exact) mass is 323 g/mol. The average Bonchev–Trinajstić information content (AvgIpc) is 2.40. The Labute approximate surface area is 127 Å². The number of benzene rings is 2. The molecule has 0 unspecified atom stereocenters. The smallest absolute Gasteiger partial charge is 0.307 e. The molecule has 0 heterocycles. The summed E-state index contributed by atoms with van der Waals surface area (Å²) in [5.41, 5.74) is 1.10. The number of aliphatic carboxylic acids is 1. The molecule has 0 aliphatic carbocycles. The fraction of sp³-hybridized carbons (Fsp3) is 0.133. The summed E-state index contributed by atoms with van der Waals surface area (Å²) in [4.78, 5) is 10.5. The summed E-state index contributed by atoms with van der Waals surface area (Å²) in [5.74, 6) is -1.66. The number of hydrogen-bond donors (Lipinski definition) is 2. The van der Waals surface area contributed by atoms with Crippen LogP contribution in [0.25, 0.3) is 0 Å². The van der Waals surface area contributed by atoms with Crippen molar-refractivity contribution in [1.29, 1.82) is 0 Å². The largest absolute Gasteiger partial charge is 0.481 e. The molecule has 0 spiro atoms. The van der Waals surface area contributed by atoms with Crippen molar-refractivity contribution in [3.63, 3.8) is 0 Å². The number of carboxylic acid groups (broad SMARTS) is 1. The van der Waals surface area contributed by atoms with Gasteiger partial charge in [-0.3, -0.25) is 9.52 Å². The molecule has 22 heavy (non-hydrogen) atoms. The molecule has 0 saturated heterocycles. The van der Waals surface area contributed by atoms with E-state index in [0.29, 0.717) is 11.1 Å². The van der Waals surface area contributed by atoms with Crippen LogP contribution >= 0.6 is 0 Å². The van der Waals surface area contributed by atoms with Gasteiger partial charge in [-0.2, -0.15) is 0 Å². The van der Waals surface area contributed by atoms with Gasteiger partial charge in [-0.1, -0.05) is 18.2 Å². The molecular formula is C15H14FNO4S. The van der Waals surface area contributed by atoms with Gasteiger partial charge in [0.15, 0.2) is 0 Å². The van der Waals surface area contributed by atoms with E-state index in [4.69, 9.17) is 5.11 Å². The second-order valence-electron chi connectivity index (χ2n) is 4.79. The van der Waals surface area contributed by atoms with Gasteiger partial charge >= 0.3 is 5.97 Å². The van der Waals surface area contributed by atoms with Crippen LogP contribution in [0.5, 0.6) is 0 Å². The zero-order valence-corrected chi connectivity index (χ0v) is 12.5. The minimum atomic E-state index is -3.95. The minimum absolute atomic E-state index is 0.156. The number of sulfonamides is 1. The van der Waals surface area contributed by atoms with Crippen LogP contribution in [0.1, 0.15) is 11.1 Å². The summed E-state index contributed by atoms with van der Waals surface area (Å²) in [7, 11) is -3.95. The standard InChI is InChI=1S/C15H14FNO4S/c1-10-5-6-12(16)9-14(10)22(20,21)17-13-4-2-3-11(7-13)8-15(18)19/h2-7,9,17H,8H2,1H3,(H,18,19). The molecule has 0 bridgehead atoms. The van der Waals surface area contributed by atoms with Crippen molar-refractivity contribution in [2.45, 2.75) is 18.2 Å². The number of hydrogen-bond acceptors (Lipinski definition) is 3. The first-order chi connectivity index (χ1) is 10.3. The molecule has 0 amide bonds. The van der Waals surface area contributed by atoms with Crippen molar-refractivity contribution in [1.82, 2.24) is 0 Å². The first-order valence-corrected chi connectivity index (χ1v) is 7.86. The zero-order valence-electron chi connectivity index (χ0n) is 11.7. The van der Waals surface area contributed by atoms with Crippen molar-refractivity contribution in [2.75, 3.05) is 4.72 Å². The van der Waals surface area contributed by atoms with E-state index in [9.17, 15) is 17.6 Å². The number of carbonyl (C=O) groups is 1. The lowest BCUT2D eigenvalue weighted by molar-refractivity contribution is -0.136. The fourth-order valence-electron chi connectivity index (χ4n) is 1.99. The Balaban J connectivity index is 2.33. The van der Waals surface area contributed by atoms with Crippen LogP contribution in [0.2, 0.25) is 0 Å². The third-order valence-corrected chi connectivity index (χ3v) is 4.50. The van der Waals surface area contributed by atoms with Crippen LogP contribution < -0.4 is 4.72 Å². The van der Waals surface area contributed by atoms with E-state index >= 15 is 0 Å². The third-order valence-electron chi connectivity index (χ3n) is 2.97. The second kappa shape index (κ2) is 6.15. The maximum Gasteiger partial charge on any atom is 0.307 e. The highest BCUT2D eigenvalue weighted by Crippen LogP contribution is 2.21. The van der Waals surface area contributed by atoms with Gasteiger partial charge < -0.3 is 5.11 Å². The molecule has 0 saturated carbocycles. The summed E-state index contributed by atoms with van der Waals surface area (Å²) >= 11 is 0.